The van der Waals surface area contributed by atoms with Gasteiger partial charge in [0, 0.05) is 23.6 Å². The van der Waals surface area contributed by atoms with E-state index >= 15 is 0 Å². The maximum Gasteiger partial charge on any atom is 0.176 e. The van der Waals surface area contributed by atoms with E-state index in [0.29, 0.717) is 29.9 Å². The molecule has 0 aliphatic heterocycles. The van der Waals surface area contributed by atoms with Crippen molar-refractivity contribution in [3.8, 4) is 0 Å². The number of nitrogens with zero attached hydrogens (tertiary/aromatic N) is 3. The van der Waals surface area contributed by atoms with Crippen molar-refractivity contribution < 1.29 is 9.90 Å². The number of nitrogens with one attached hydrogen (secondary N) is 1. The standard InChI is InChI=1S/C18H20N4O2/c1-11(16-14(23)8-18(2,3)9-15(16)24)20-22-17-13-7-5-4-6-12(13)10-19-21-17/h4-7,10,23H,8-9H2,1-3H3,(H,21,22)/b20-11-. The van der Waals surface area contributed by atoms with Crippen LogP contribution in [0.15, 0.2) is 46.9 Å². The van der Waals surface area contributed by atoms with Crippen molar-refractivity contribution in [2.45, 2.75) is 33.6 Å². The molecular weight excluding hydrogens is 304 g/mol. The monoisotopic (exact) mass is 324 g/mol. The van der Waals surface area contributed by atoms with Gasteiger partial charge in [-0.05, 0) is 12.3 Å². The molecule has 0 bridgehead atoms. The largest absolute Gasteiger partial charge is 0.511 e. The van der Waals surface area contributed by atoms with E-state index in [2.05, 4.69) is 20.7 Å². The van der Waals surface area contributed by atoms with Crippen LogP contribution >= 0.6 is 0 Å². The van der Waals surface area contributed by atoms with Gasteiger partial charge in [-0.3, -0.25) is 10.2 Å². The highest BCUT2D eigenvalue weighted by atomic mass is 16.3. The van der Waals surface area contributed by atoms with Gasteiger partial charge in [-0.25, -0.2) is 0 Å². The number of hydrazone groups is 1. The van der Waals surface area contributed by atoms with Gasteiger partial charge in [0.15, 0.2) is 11.6 Å². The van der Waals surface area contributed by atoms with E-state index in [9.17, 15) is 9.90 Å². The predicted molar refractivity (Wildman–Crippen MR) is 93.9 cm³/mol. The minimum atomic E-state index is -0.223. The van der Waals surface area contributed by atoms with Crippen LogP contribution in [0.5, 0.6) is 0 Å². The van der Waals surface area contributed by atoms with E-state index in [1.165, 1.54) is 0 Å². The number of hydrogen-bond acceptors (Lipinski definition) is 6. The molecule has 1 aliphatic carbocycles. The average molecular weight is 324 g/mol. The molecule has 1 heterocycles. The van der Waals surface area contributed by atoms with Crippen LogP contribution in [0.25, 0.3) is 10.8 Å². The van der Waals surface area contributed by atoms with Crippen molar-refractivity contribution in [1.82, 2.24) is 10.2 Å². The van der Waals surface area contributed by atoms with Crippen molar-refractivity contribution in [3.63, 3.8) is 0 Å². The molecule has 24 heavy (non-hydrogen) atoms. The van der Waals surface area contributed by atoms with Crippen LogP contribution < -0.4 is 5.43 Å². The first-order valence-corrected chi connectivity index (χ1v) is 7.84. The number of anilines is 1. The minimum Gasteiger partial charge on any atom is -0.511 e. The quantitative estimate of drug-likeness (QED) is 0.665. The van der Waals surface area contributed by atoms with Gasteiger partial charge in [0.2, 0.25) is 0 Å². The normalized spacial score (nSPS) is 18.1. The van der Waals surface area contributed by atoms with Gasteiger partial charge in [0.25, 0.3) is 0 Å². The van der Waals surface area contributed by atoms with Gasteiger partial charge in [-0.15, -0.1) is 5.10 Å². The number of aliphatic hydroxyl groups excluding tert-OH is 1. The fourth-order valence-electron chi connectivity index (χ4n) is 3.00. The van der Waals surface area contributed by atoms with Crippen LogP contribution in [0.2, 0.25) is 0 Å². The number of carbonyl (C=O) groups is 1. The summed E-state index contributed by atoms with van der Waals surface area (Å²) in [6.45, 7) is 5.63. The third-order valence-electron chi connectivity index (χ3n) is 4.11. The second-order valence-electron chi connectivity index (χ2n) is 6.85. The van der Waals surface area contributed by atoms with Crippen LogP contribution in [-0.4, -0.2) is 26.8 Å². The molecule has 0 amide bonds. The molecule has 0 saturated heterocycles. The van der Waals surface area contributed by atoms with Crippen molar-refractivity contribution in [2.75, 3.05) is 5.43 Å². The zero-order valence-electron chi connectivity index (χ0n) is 14.0. The zero-order valence-corrected chi connectivity index (χ0v) is 14.0. The number of ketones is 1. The van der Waals surface area contributed by atoms with Crippen LogP contribution in [0.4, 0.5) is 5.82 Å². The highest BCUT2D eigenvalue weighted by Gasteiger charge is 2.34. The first-order chi connectivity index (χ1) is 11.4. The molecule has 0 radical (unpaired) electrons. The summed E-state index contributed by atoms with van der Waals surface area (Å²) in [5.41, 5.74) is 3.39. The van der Waals surface area contributed by atoms with Gasteiger partial charge in [0.05, 0.1) is 17.5 Å². The molecule has 2 aromatic rings. The fourth-order valence-corrected chi connectivity index (χ4v) is 3.00. The Labute approximate surface area is 140 Å². The summed E-state index contributed by atoms with van der Waals surface area (Å²) in [6.07, 6.45) is 2.54. The summed E-state index contributed by atoms with van der Waals surface area (Å²) in [5.74, 6) is 0.523. The molecule has 1 aliphatic rings. The van der Waals surface area contributed by atoms with E-state index in [1.807, 2.05) is 38.1 Å². The van der Waals surface area contributed by atoms with Crippen LogP contribution in [0.3, 0.4) is 0 Å². The van der Waals surface area contributed by atoms with Crippen LogP contribution in [-0.2, 0) is 4.79 Å². The second-order valence-corrected chi connectivity index (χ2v) is 6.85. The lowest BCUT2D eigenvalue weighted by Gasteiger charge is -2.29. The SMILES string of the molecule is C/C(=N/Nc1nncc2ccccc12)C1=C(O)CC(C)(C)CC1=O. The number of aliphatic hydroxyl groups is 1. The van der Waals surface area contributed by atoms with Crippen LogP contribution in [0, 0.1) is 5.41 Å². The van der Waals surface area contributed by atoms with E-state index in [4.69, 9.17) is 0 Å². The Morgan fingerprint density at radius 1 is 1.29 bits per heavy atom. The maximum absolute atomic E-state index is 12.3. The third-order valence-corrected chi connectivity index (χ3v) is 4.11. The van der Waals surface area contributed by atoms with Gasteiger partial charge in [-0.2, -0.15) is 10.2 Å². The lowest BCUT2D eigenvalue weighted by Crippen LogP contribution is -2.28. The Balaban J connectivity index is 1.90. The molecular formula is C18H20N4O2. The Kier molecular flexibility index (Phi) is 4.05. The van der Waals surface area contributed by atoms with E-state index in [0.717, 1.165) is 10.8 Å². The maximum atomic E-state index is 12.3. The molecule has 1 aromatic heterocycles. The summed E-state index contributed by atoms with van der Waals surface area (Å²) >= 11 is 0. The topological polar surface area (TPSA) is 87.5 Å². The number of Topliss-reactive ketones (excluding diaryl/α,β-unsaturated/α-hetero) is 1. The molecule has 6 heteroatoms. The molecule has 0 saturated carbocycles. The number of hydrogen-bond donors (Lipinski definition) is 2. The molecule has 0 fully saturated rings. The molecule has 1 aromatic carbocycles. The van der Waals surface area contributed by atoms with Gasteiger partial charge < -0.3 is 5.11 Å². The summed E-state index contributed by atoms with van der Waals surface area (Å²) in [4.78, 5) is 12.3. The summed E-state index contributed by atoms with van der Waals surface area (Å²) < 4.78 is 0. The Morgan fingerprint density at radius 2 is 2.04 bits per heavy atom. The summed E-state index contributed by atoms with van der Waals surface area (Å²) in [7, 11) is 0. The second kappa shape index (κ2) is 6.03. The molecule has 3 rings (SSSR count). The van der Waals surface area contributed by atoms with E-state index < -0.39 is 0 Å². The number of fused-ring (bicyclic) bond motifs is 1. The van der Waals surface area contributed by atoms with Crippen molar-refractivity contribution in [2.24, 2.45) is 10.5 Å². The Hall–Kier alpha value is -2.76. The Morgan fingerprint density at radius 3 is 2.79 bits per heavy atom. The summed E-state index contributed by atoms with van der Waals surface area (Å²) in [6, 6.07) is 7.69. The lowest BCUT2D eigenvalue weighted by atomic mass is 9.76. The number of carbonyl (C=O) groups excluding carboxylic acids is 1. The van der Waals surface area contributed by atoms with Crippen LogP contribution in [0.1, 0.15) is 33.6 Å². The van der Waals surface area contributed by atoms with Crippen molar-refractivity contribution >= 4 is 28.1 Å². The average Bonchev–Trinajstić information content (AvgIpc) is 2.51. The summed E-state index contributed by atoms with van der Waals surface area (Å²) in [5, 5.41) is 24.3. The molecule has 0 spiro atoms. The van der Waals surface area contributed by atoms with E-state index in [-0.39, 0.29) is 17.0 Å². The molecule has 2 N–H and O–H groups in total. The predicted octanol–water partition coefficient (Wildman–Crippen LogP) is 3.62. The van der Waals surface area contributed by atoms with Gasteiger partial charge in [0.1, 0.15) is 5.76 Å². The molecule has 6 nitrogen and oxygen atoms in total. The smallest absolute Gasteiger partial charge is 0.176 e. The van der Waals surface area contributed by atoms with Crippen molar-refractivity contribution in [3.05, 3.63) is 41.8 Å². The first kappa shape index (κ1) is 16.1. The highest BCUT2D eigenvalue weighted by molar-refractivity contribution is 6.22. The third kappa shape index (κ3) is 3.13. The number of benzene rings is 1. The lowest BCUT2D eigenvalue weighted by molar-refractivity contribution is -0.117. The van der Waals surface area contributed by atoms with E-state index in [1.54, 1.807) is 13.1 Å². The minimum absolute atomic E-state index is 0.0872. The molecule has 0 atom stereocenters. The van der Waals surface area contributed by atoms with Gasteiger partial charge in [-0.1, -0.05) is 38.1 Å². The Bertz CT molecular complexity index is 863. The zero-order chi connectivity index (χ0) is 17.3. The number of rotatable bonds is 3. The molecule has 124 valence electrons. The van der Waals surface area contributed by atoms with Gasteiger partial charge >= 0.3 is 0 Å². The molecule has 0 unspecified atom stereocenters. The highest BCUT2D eigenvalue weighted by Crippen LogP contribution is 2.36. The van der Waals surface area contributed by atoms with Crippen molar-refractivity contribution in [1.29, 1.82) is 0 Å². The fraction of sp³-hybridized carbons (Fsp3) is 0.333. The number of allylic oxidation sites excluding steroid dienone is 2. The first-order valence-electron chi connectivity index (χ1n) is 7.84. The number of aromatic nitrogens is 2.